The fraction of sp³-hybridized carbons (Fsp3) is 0.0833. The van der Waals surface area contributed by atoms with Crippen LogP contribution >= 0.6 is 11.8 Å². The van der Waals surface area contributed by atoms with Crippen LogP contribution in [0.1, 0.15) is 11.1 Å². The third-order valence-electron chi connectivity index (χ3n) is 2.44. The molecule has 2 rings (SSSR count). The number of nitrogens with one attached hydrogen (secondary N) is 1. The summed E-state index contributed by atoms with van der Waals surface area (Å²) in [5.41, 5.74) is 6.96. The zero-order valence-electron chi connectivity index (χ0n) is 10.1. The zero-order valence-corrected chi connectivity index (χ0v) is 10.9. The summed E-state index contributed by atoms with van der Waals surface area (Å²) < 4.78 is 0. The average Bonchev–Trinajstić information content (AvgIpc) is 2.40. The van der Waals surface area contributed by atoms with Gasteiger partial charge < -0.3 is 15.9 Å². The second-order valence-electron chi connectivity index (χ2n) is 3.78. The van der Waals surface area contributed by atoms with Crippen molar-refractivity contribution in [3.8, 4) is 0 Å². The number of aryl methyl sites for hydroxylation is 1. The molecule has 0 bridgehead atoms. The SMILES string of the molecule is Cc1cccc(/C(N)=N/O)c1Sc1nccc(=O)[nH]1. The Balaban J connectivity index is 2.47. The molecule has 0 aliphatic heterocycles. The van der Waals surface area contributed by atoms with Gasteiger partial charge in [-0.3, -0.25) is 4.79 Å². The predicted octanol–water partition coefficient (Wildman–Crippen LogP) is 1.32. The van der Waals surface area contributed by atoms with Crippen LogP contribution in [0.4, 0.5) is 0 Å². The summed E-state index contributed by atoms with van der Waals surface area (Å²) in [5.74, 6) is 0.0180. The number of nitrogens with zero attached hydrogens (tertiary/aromatic N) is 2. The third-order valence-corrected chi connectivity index (χ3v) is 3.59. The lowest BCUT2D eigenvalue weighted by atomic mass is 10.1. The first kappa shape index (κ1) is 13.2. The topological polar surface area (TPSA) is 104 Å². The van der Waals surface area contributed by atoms with Crippen molar-refractivity contribution >= 4 is 17.6 Å². The van der Waals surface area contributed by atoms with E-state index in [9.17, 15) is 4.79 Å². The van der Waals surface area contributed by atoms with Crippen LogP contribution in [0.15, 0.2) is 50.5 Å². The third kappa shape index (κ3) is 2.94. The minimum Gasteiger partial charge on any atom is -0.409 e. The largest absolute Gasteiger partial charge is 0.409 e. The molecule has 0 saturated carbocycles. The number of hydrogen-bond acceptors (Lipinski definition) is 5. The molecule has 0 atom stereocenters. The van der Waals surface area contributed by atoms with E-state index in [0.717, 1.165) is 10.5 Å². The maximum Gasteiger partial charge on any atom is 0.251 e. The van der Waals surface area contributed by atoms with Gasteiger partial charge in [-0.05, 0) is 18.6 Å². The Kier molecular flexibility index (Phi) is 3.86. The summed E-state index contributed by atoms with van der Waals surface area (Å²) in [5, 5.41) is 12.3. The first-order valence-electron chi connectivity index (χ1n) is 5.42. The Morgan fingerprint density at radius 1 is 1.47 bits per heavy atom. The summed E-state index contributed by atoms with van der Waals surface area (Å²) in [6.45, 7) is 1.90. The number of aromatic amines is 1. The van der Waals surface area contributed by atoms with Crippen LogP contribution in [-0.2, 0) is 0 Å². The van der Waals surface area contributed by atoms with Crippen molar-refractivity contribution in [1.82, 2.24) is 9.97 Å². The van der Waals surface area contributed by atoms with Crippen molar-refractivity contribution in [2.75, 3.05) is 0 Å². The monoisotopic (exact) mass is 276 g/mol. The average molecular weight is 276 g/mol. The smallest absolute Gasteiger partial charge is 0.251 e. The normalized spacial score (nSPS) is 11.5. The molecule has 6 nitrogen and oxygen atoms in total. The predicted molar refractivity (Wildman–Crippen MR) is 72.7 cm³/mol. The summed E-state index contributed by atoms with van der Waals surface area (Å²) >= 11 is 1.26. The molecule has 1 aromatic heterocycles. The minimum atomic E-state index is -0.226. The van der Waals surface area contributed by atoms with Crippen LogP contribution < -0.4 is 11.3 Å². The number of rotatable bonds is 3. The van der Waals surface area contributed by atoms with Crippen LogP contribution in [0, 0.1) is 6.92 Å². The van der Waals surface area contributed by atoms with Crippen molar-refractivity contribution in [2.45, 2.75) is 17.0 Å². The number of oxime groups is 1. The van der Waals surface area contributed by atoms with Crippen molar-refractivity contribution in [3.63, 3.8) is 0 Å². The molecule has 0 unspecified atom stereocenters. The second-order valence-corrected chi connectivity index (χ2v) is 4.78. The summed E-state index contributed by atoms with van der Waals surface area (Å²) in [6.07, 6.45) is 1.43. The molecule has 19 heavy (non-hydrogen) atoms. The number of hydrogen-bond donors (Lipinski definition) is 3. The number of aromatic nitrogens is 2. The zero-order chi connectivity index (χ0) is 13.8. The van der Waals surface area contributed by atoms with E-state index in [0.29, 0.717) is 10.7 Å². The van der Waals surface area contributed by atoms with Gasteiger partial charge in [0.15, 0.2) is 11.0 Å². The molecule has 4 N–H and O–H groups in total. The molecule has 0 spiro atoms. The lowest BCUT2D eigenvalue weighted by Crippen LogP contribution is -2.15. The summed E-state index contributed by atoms with van der Waals surface area (Å²) in [6, 6.07) is 6.79. The van der Waals surface area contributed by atoms with Crippen LogP contribution in [0.25, 0.3) is 0 Å². The van der Waals surface area contributed by atoms with E-state index in [4.69, 9.17) is 10.9 Å². The van der Waals surface area contributed by atoms with Crippen molar-refractivity contribution < 1.29 is 5.21 Å². The Hall–Kier alpha value is -2.28. The number of amidine groups is 1. The van der Waals surface area contributed by atoms with E-state index in [1.807, 2.05) is 19.1 Å². The van der Waals surface area contributed by atoms with Gasteiger partial charge in [-0.1, -0.05) is 29.1 Å². The van der Waals surface area contributed by atoms with Gasteiger partial charge in [0.25, 0.3) is 5.56 Å². The van der Waals surface area contributed by atoms with Crippen molar-refractivity contribution in [3.05, 3.63) is 51.9 Å². The summed E-state index contributed by atoms with van der Waals surface area (Å²) in [4.78, 5) is 18.7. The Labute approximate surface area is 113 Å². The highest BCUT2D eigenvalue weighted by atomic mass is 32.2. The molecule has 0 aliphatic rings. The fourth-order valence-corrected chi connectivity index (χ4v) is 2.51. The van der Waals surface area contributed by atoms with Crippen LogP contribution in [0.2, 0.25) is 0 Å². The molecule has 2 aromatic rings. The van der Waals surface area contributed by atoms with Gasteiger partial charge in [-0.25, -0.2) is 4.98 Å². The molecule has 0 aliphatic carbocycles. The van der Waals surface area contributed by atoms with Gasteiger partial charge in [-0.15, -0.1) is 0 Å². The van der Waals surface area contributed by atoms with E-state index in [-0.39, 0.29) is 11.4 Å². The fourth-order valence-electron chi connectivity index (χ4n) is 1.54. The molecule has 1 aromatic carbocycles. The van der Waals surface area contributed by atoms with Gasteiger partial charge >= 0.3 is 0 Å². The van der Waals surface area contributed by atoms with E-state index in [1.54, 1.807) is 6.07 Å². The van der Waals surface area contributed by atoms with Crippen LogP contribution in [0.3, 0.4) is 0 Å². The molecule has 98 valence electrons. The highest BCUT2D eigenvalue weighted by Gasteiger charge is 2.12. The maximum atomic E-state index is 11.2. The highest BCUT2D eigenvalue weighted by Crippen LogP contribution is 2.30. The first-order chi connectivity index (χ1) is 9.11. The molecular weight excluding hydrogens is 264 g/mol. The molecule has 1 heterocycles. The number of H-pyrrole nitrogens is 1. The Morgan fingerprint density at radius 3 is 2.95 bits per heavy atom. The van der Waals surface area contributed by atoms with Gasteiger partial charge in [0, 0.05) is 22.7 Å². The van der Waals surface area contributed by atoms with Crippen LogP contribution in [-0.4, -0.2) is 21.0 Å². The minimum absolute atomic E-state index is 0.0180. The van der Waals surface area contributed by atoms with Crippen molar-refractivity contribution in [2.24, 2.45) is 10.9 Å². The Morgan fingerprint density at radius 2 is 2.26 bits per heavy atom. The lowest BCUT2D eigenvalue weighted by Gasteiger charge is -2.10. The van der Waals surface area contributed by atoms with Crippen LogP contribution in [0.5, 0.6) is 0 Å². The van der Waals surface area contributed by atoms with Gasteiger partial charge in [0.05, 0.1) is 0 Å². The van der Waals surface area contributed by atoms with Gasteiger partial charge in [0.2, 0.25) is 0 Å². The summed E-state index contributed by atoms with van der Waals surface area (Å²) in [7, 11) is 0. The molecule has 0 radical (unpaired) electrons. The molecule has 0 fully saturated rings. The van der Waals surface area contributed by atoms with Crippen molar-refractivity contribution in [1.29, 1.82) is 0 Å². The molecule has 0 saturated heterocycles. The van der Waals surface area contributed by atoms with E-state index in [1.165, 1.54) is 24.0 Å². The quantitative estimate of drug-likeness (QED) is 0.258. The molecular formula is C12H12N4O2S. The second kappa shape index (κ2) is 5.57. The first-order valence-corrected chi connectivity index (χ1v) is 6.24. The Bertz CT molecular complexity index is 681. The van der Waals surface area contributed by atoms with E-state index < -0.39 is 0 Å². The van der Waals surface area contributed by atoms with Gasteiger partial charge in [0.1, 0.15) is 0 Å². The van der Waals surface area contributed by atoms with Gasteiger partial charge in [-0.2, -0.15) is 0 Å². The number of benzene rings is 1. The highest BCUT2D eigenvalue weighted by molar-refractivity contribution is 7.99. The lowest BCUT2D eigenvalue weighted by molar-refractivity contribution is 0.318. The maximum absolute atomic E-state index is 11.2. The van der Waals surface area contributed by atoms with E-state index >= 15 is 0 Å². The molecule has 0 amide bonds. The van der Waals surface area contributed by atoms with E-state index in [2.05, 4.69) is 15.1 Å². The standard InChI is InChI=1S/C12H12N4O2S/c1-7-3-2-4-8(11(13)16-18)10(7)19-12-14-6-5-9(17)15-12/h2-6,18H,1H3,(H2,13,16)(H,14,15,17). The molecule has 7 heteroatoms. The number of nitrogens with two attached hydrogens (primary N) is 1.